The Morgan fingerprint density at radius 1 is 1.18 bits per heavy atom. The maximum atomic E-state index is 13.9. The van der Waals surface area contributed by atoms with Gasteiger partial charge in [0.2, 0.25) is 0 Å². The zero-order valence-corrected chi connectivity index (χ0v) is 16.8. The quantitative estimate of drug-likeness (QED) is 0.643. The zero-order valence-electron chi connectivity index (χ0n) is 16.0. The summed E-state index contributed by atoms with van der Waals surface area (Å²) in [6, 6.07) is 10.3. The third-order valence-electron chi connectivity index (χ3n) is 4.70. The van der Waals surface area contributed by atoms with Gasteiger partial charge in [-0.15, -0.1) is 0 Å². The van der Waals surface area contributed by atoms with Crippen LogP contribution in [0.4, 0.5) is 4.39 Å². The van der Waals surface area contributed by atoms with Gasteiger partial charge in [-0.2, -0.15) is 0 Å². The first kappa shape index (κ1) is 20.9. The van der Waals surface area contributed by atoms with Crippen LogP contribution in [0.15, 0.2) is 36.4 Å². The second-order valence-electron chi connectivity index (χ2n) is 6.60. The molecule has 0 saturated carbocycles. The Kier molecular flexibility index (Phi) is 7.91. The molecule has 2 aromatic carbocycles. The van der Waals surface area contributed by atoms with Crippen molar-refractivity contribution >= 4 is 11.6 Å². The highest BCUT2D eigenvalue weighted by Gasteiger charge is 2.12. The van der Waals surface area contributed by atoms with Gasteiger partial charge in [0.05, 0.1) is 25.3 Å². The van der Waals surface area contributed by atoms with E-state index in [1.165, 1.54) is 6.07 Å². The van der Waals surface area contributed by atoms with Gasteiger partial charge in [-0.25, -0.2) is 4.39 Å². The molecule has 1 saturated heterocycles. The average molecular weight is 409 g/mol. The van der Waals surface area contributed by atoms with E-state index < -0.39 is 0 Å². The predicted octanol–water partition coefficient (Wildman–Crippen LogP) is 3.49. The minimum atomic E-state index is -0.382. The van der Waals surface area contributed by atoms with Crippen molar-refractivity contribution in [2.45, 2.75) is 13.2 Å². The molecular weight excluding hydrogens is 383 g/mol. The first-order chi connectivity index (χ1) is 13.7. The fourth-order valence-corrected chi connectivity index (χ4v) is 3.27. The van der Waals surface area contributed by atoms with Crippen LogP contribution in [-0.4, -0.2) is 51.4 Å². The third-order valence-corrected chi connectivity index (χ3v) is 5.05. The SMILES string of the molecule is COc1cc(CNCCN2CCOCC2)ccc1OCc1c(F)cccc1Cl. The summed E-state index contributed by atoms with van der Waals surface area (Å²) in [7, 11) is 1.59. The Labute approximate surface area is 170 Å². The van der Waals surface area contributed by atoms with E-state index in [4.69, 9.17) is 25.8 Å². The van der Waals surface area contributed by atoms with E-state index in [0.717, 1.165) is 51.5 Å². The Morgan fingerprint density at radius 2 is 2.00 bits per heavy atom. The highest BCUT2D eigenvalue weighted by Crippen LogP contribution is 2.30. The number of benzene rings is 2. The number of morpholine rings is 1. The van der Waals surface area contributed by atoms with Gasteiger partial charge in [0, 0.05) is 38.3 Å². The molecule has 0 amide bonds. The fourth-order valence-electron chi connectivity index (χ4n) is 3.06. The Morgan fingerprint density at radius 3 is 2.75 bits per heavy atom. The van der Waals surface area contributed by atoms with Crippen molar-refractivity contribution in [3.63, 3.8) is 0 Å². The van der Waals surface area contributed by atoms with Crippen molar-refractivity contribution in [3.05, 3.63) is 58.4 Å². The Balaban J connectivity index is 1.51. The number of halogens is 2. The first-order valence-electron chi connectivity index (χ1n) is 9.41. The highest BCUT2D eigenvalue weighted by atomic mass is 35.5. The average Bonchev–Trinajstić information content (AvgIpc) is 2.72. The van der Waals surface area contributed by atoms with E-state index in [2.05, 4.69) is 10.2 Å². The van der Waals surface area contributed by atoms with Crippen molar-refractivity contribution in [1.29, 1.82) is 0 Å². The fraction of sp³-hybridized carbons (Fsp3) is 0.429. The third kappa shape index (κ3) is 5.82. The number of nitrogens with zero attached hydrogens (tertiary/aromatic N) is 1. The summed E-state index contributed by atoms with van der Waals surface area (Å²) in [6.45, 7) is 6.31. The van der Waals surface area contributed by atoms with Crippen molar-refractivity contribution in [2.75, 3.05) is 46.5 Å². The molecule has 0 bridgehead atoms. The molecule has 1 aliphatic rings. The number of methoxy groups -OCH3 is 1. The topological polar surface area (TPSA) is 43.0 Å². The van der Waals surface area contributed by atoms with Crippen LogP contribution in [0.3, 0.4) is 0 Å². The molecule has 28 heavy (non-hydrogen) atoms. The minimum absolute atomic E-state index is 0.0407. The monoisotopic (exact) mass is 408 g/mol. The van der Waals surface area contributed by atoms with E-state index in [9.17, 15) is 4.39 Å². The normalized spacial score (nSPS) is 14.8. The molecule has 3 rings (SSSR count). The summed E-state index contributed by atoms with van der Waals surface area (Å²) in [5.74, 6) is 0.784. The first-order valence-corrected chi connectivity index (χ1v) is 9.78. The molecule has 2 aromatic rings. The zero-order chi connectivity index (χ0) is 19.8. The molecule has 1 fully saturated rings. The van der Waals surface area contributed by atoms with Crippen LogP contribution in [-0.2, 0) is 17.9 Å². The van der Waals surface area contributed by atoms with Gasteiger partial charge in [-0.1, -0.05) is 23.7 Å². The maximum Gasteiger partial charge on any atom is 0.161 e. The molecule has 1 N–H and O–H groups in total. The van der Waals surface area contributed by atoms with Crippen LogP contribution in [0.5, 0.6) is 11.5 Å². The summed E-state index contributed by atoms with van der Waals surface area (Å²) in [5.41, 5.74) is 1.43. The lowest BCUT2D eigenvalue weighted by molar-refractivity contribution is 0.0384. The van der Waals surface area contributed by atoms with Gasteiger partial charge in [0.1, 0.15) is 12.4 Å². The summed E-state index contributed by atoms with van der Waals surface area (Å²) in [6.07, 6.45) is 0. The van der Waals surface area contributed by atoms with Crippen molar-refractivity contribution in [3.8, 4) is 11.5 Å². The molecule has 152 valence electrons. The van der Waals surface area contributed by atoms with Gasteiger partial charge in [0.25, 0.3) is 0 Å². The van der Waals surface area contributed by atoms with E-state index in [1.807, 2.05) is 18.2 Å². The molecular formula is C21H26ClFN2O3. The van der Waals surface area contributed by atoms with Gasteiger partial charge < -0.3 is 19.5 Å². The van der Waals surface area contributed by atoms with Crippen molar-refractivity contribution in [1.82, 2.24) is 10.2 Å². The van der Waals surface area contributed by atoms with Gasteiger partial charge in [0.15, 0.2) is 11.5 Å². The van der Waals surface area contributed by atoms with E-state index in [0.29, 0.717) is 22.1 Å². The molecule has 0 spiro atoms. The van der Waals surface area contributed by atoms with Crippen molar-refractivity contribution in [2.24, 2.45) is 0 Å². The smallest absolute Gasteiger partial charge is 0.161 e. The Bertz CT molecular complexity index is 749. The molecule has 7 heteroatoms. The summed E-state index contributed by atoms with van der Waals surface area (Å²) >= 11 is 6.05. The molecule has 0 radical (unpaired) electrons. The summed E-state index contributed by atoms with van der Waals surface area (Å²) in [5, 5.41) is 3.79. The van der Waals surface area contributed by atoms with Crippen molar-refractivity contribution < 1.29 is 18.6 Å². The lowest BCUT2D eigenvalue weighted by atomic mass is 10.2. The summed E-state index contributed by atoms with van der Waals surface area (Å²) in [4.78, 5) is 2.39. The van der Waals surface area contributed by atoms with Gasteiger partial charge >= 0.3 is 0 Å². The van der Waals surface area contributed by atoms with Crippen LogP contribution in [0.2, 0.25) is 5.02 Å². The molecule has 0 atom stereocenters. The molecule has 0 aromatic heterocycles. The number of ether oxygens (including phenoxy) is 3. The van der Waals surface area contributed by atoms with Crippen LogP contribution in [0.25, 0.3) is 0 Å². The number of rotatable bonds is 9. The summed E-state index contributed by atoms with van der Waals surface area (Å²) < 4.78 is 30.4. The second kappa shape index (κ2) is 10.6. The molecule has 1 aliphatic heterocycles. The molecule has 5 nitrogen and oxygen atoms in total. The maximum absolute atomic E-state index is 13.9. The largest absolute Gasteiger partial charge is 0.493 e. The van der Waals surface area contributed by atoms with Crippen LogP contribution in [0, 0.1) is 5.82 Å². The highest BCUT2D eigenvalue weighted by molar-refractivity contribution is 6.31. The molecule has 0 aliphatic carbocycles. The lowest BCUT2D eigenvalue weighted by Gasteiger charge is -2.26. The van der Waals surface area contributed by atoms with Crippen LogP contribution < -0.4 is 14.8 Å². The van der Waals surface area contributed by atoms with Gasteiger partial charge in [-0.3, -0.25) is 4.90 Å². The minimum Gasteiger partial charge on any atom is -0.493 e. The Hall–Kier alpha value is -1.86. The van der Waals surface area contributed by atoms with Crippen LogP contribution in [0.1, 0.15) is 11.1 Å². The second-order valence-corrected chi connectivity index (χ2v) is 7.01. The molecule has 1 heterocycles. The molecule has 0 unspecified atom stereocenters. The number of nitrogens with one attached hydrogen (secondary N) is 1. The standard InChI is InChI=1S/C21H26ClFN2O3/c1-26-21-13-16(14-24-7-8-25-9-11-27-12-10-25)5-6-20(21)28-15-17-18(22)3-2-4-19(17)23/h2-6,13,24H,7-12,14-15H2,1H3. The van der Waals surface area contributed by atoms with Crippen LogP contribution >= 0.6 is 11.6 Å². The lowest BCUT2D eigenvalue weighted by Crippen LogP contribution is -2.40. The van der Waals surface area contributed by atoms with E-state index in [-0.39, 0.29) is 12.4 Å². The number of hydrogen-bond donors (Lipinski definition) is 1. The van der Waals surface area contributed by atoms with Gasteiger partial charge in [-0.05, 0) is 29.8 Å². The van der Waals surface area contributed by atoms with E-state index >= 15 is 0 Å². The van der Waals surface area contributed by atoms with E-state index in [1.54, 1.807) is 19.2 Å². The number of hydrogen-bond acceptors (Lipinski definition) is 5. The predicted molar refractivity (Wildman–Crippen MR) is 108 cm³/mol.